The number of nitrogens with zero attached hydrogens (tertiary/aromatic N) is 2. The van der Waals surface area contributed by atoms with E-state index in [-0.39, 0.29) is 12.3 Å². The molecule has 0 saturated heterocycles. The molecule has 0 bridgehead atoms. The fraction of sp³-hybridized carbons (Fsp3) is 0.115. The van der Waals surface area contributed by atoms with Gasteiger partial charge in [0.2, 0.25) is 11.8 Å². The summed E-state index contributed by atoms with van der Waals surface area (Å²) < 4.78 is 1.78. The highest BCUT2D eigenvalue weighted by molar-refractivity contribution is 6.30. The Kier molecular flexibility index (Phi) is 6.86. The van der Waals surface area contributed by atoms with Gasteiger partial charge in [0.15, 0.2) is 0 Å². The van der Waals surface area contributed by atoms with Crippen LogP contribution in [0.15, 0.2) is 85.1 Å². The van der Waals surface area contributed by atoms with Crippen LogP contribution in [0.3, 0.4) is 0 Å². The van der Waals surface area contributed by atoms with E-state index in [0.29, 0.717) is 23.6 Å². The number of hydrogen-bond donors (Lipinski definition) is 2. The first-order valence-electron chi connectivity index (χ1n) is 10.5. The van der Waals surface area contributed by atoms with Gasteiger partial charge in [0, 0.05) is 34.5 Å². The SMILES string of the molecule is NC(=O)c1cccc(CCNC(=O)Cc2cn(-c3ccccc3)nc2-c2ccc(Cl)cc2)c1. The normalized spacial score (nSPS) is 10.7. The monoisotopic (exact) mass is 458 g/mol. The molecule has 33 heavy (non-hydrogen) atoms. The van der Waals surface area contributed by atoms with E-state index in [2.05, 4.69) is 5.32 Å². The smallest absolute Gasteiger partial charge is 0.248 e. The molecule has 4 rings (SSSR count). The number of carbonyl (C=O) groups excluding carboxylic acids is 2. The molecule has 0 fully saturated rings. The Hall–Kier alpha value is -3.90. The summed E-state index contributed by atoms with van der Waals surface area (Å²) in [5, 5.41) is 8.33. The first kappa shape index (κ1) is 22.3. The predicted molar refractivity (Wildman–Crippen MR) is 129 cm³/mol. The fourth-order valence-corrected chi connectivity index (χ4v) is 3.69. The Morgan fingerprint density at radius 3 is 2.45 bits per heavy atom. The average molecular weight is 459 g/mol. The summed E-state index contributed by atoms with van der Waals surface area (Å²) in [6.07, 6.45) is 2.67. The minimum atomic E-state index is -0.467. The van der Waals surface area contributed by atoms with E-state index in [1.54, 1.807) is 22.9 Å². The number of para-hydroxylation sites is 1. The lowest BCUT2D eigenvalue weighted by atomic mass is 10.1. The highest BCUT2D eigenvalue weighted by Gasteiger charge is 2.15. The van der Waals surface area contributed by atoms with Crippen molar-refractivity contribution in [1.29, 1.82) is 0 Å². The van der Waals surface area contributed by atoms with Gasteiger partial charge in [-0.05, 0) is 48.4 Å². The third-order valence-corrected chi connectivity index (χ3v) is 5.48. The lowest BCUT2D eigenvalue weighted by molar-refractivity contribution is -0.120. The number of benzene rings is 3. The second kappa shape index (κ2) is 10.1. The van der Waals surface area contributed by atoms with Crippen molar-refractivity contribution in [3.8, 4) is 16.9 Å². The Morgan fingerprint density at radius 1 is 0.970 bits per heavy atom. The minimum Gasteiger partial charge on any atom is -0.366 e. The van der Waals surface area contributed by atoms with E-state index in [1.165, 1.54) is 0 Å². The zero-order chi connectivity index (χ0) is 23.2. The highest BCUT2D eigenvalue weighted by Crippen LogP contribution is 2.25. The van der Waals surface area contributed by atoms with Crippen LogP contribution in [0.25, 0.3) is 16.9 Å². The Labute approximate surface area is 197 Å². The maximum Gasteiger partial charge on any atom is 0.248 e. The summed E-state index contributed by atoms with van der Waals surface area (Å²) in [7, 11) is 0. The van der Waals surface area contributed by atoms with Crippen LogP contribution in [-0.4, -0.2) is 28.1 Å². The number of primary amides is 1. The van der Waals surface area contributed by atoms with Crippen molar-refractivity contribution in [1.82, 2.24) is 15.1 Å². The molecule has 6 nitrogen and oxygen atoms in total. The van der Waals surface area contributed by atoms with Crippen molar-refractivity contribution in [3.05, 3.63) is 107 Å². The number of nitrogens with one attached hydrogen (secondary N) is 1. The molecule has 1 aromatic heterocycles. The topological polar surface area (TPSA) is 90.0 Å². The summed E-state index contributed by atoms with van der Waals surface area (Å²) in [6.45, 7) is 0.449. The number of amides is 2. The fourth-order valence-electron chi connectivity index (χ4n) is 3.56. The van der Waals surface area contributed by atoms with Gasteiger partial charge in [-0.1, -0.05) is 54.1 Å². The van der Waals surface area contributed by atoms with Gasteiger partial charge in [-0.15, -0.1) is 0 Å². The minimum absolute atomic E-state index is 0.108. The van der Waals surface area contributed by atoms with Crippen LogP contribution in [-0.2, 0) is 17.6 Å². The zero-order valence-electron chi connectivity index (χ0n) is 17.9. The second-order valence-corrected chi connectivity index (χ2v) is 8.07. The van der Waals surface area contributed by atoms with E-state index >= 15 is 0 Å². The summed E-state index contributed by atoms with van der Waals surface area (Å²) in [5.74, 6) is -0.574. The first-order valence-corrected chi connectivity index (χ1v) is 10.9. The summed E-state index contributed by atoms with van der Waals surface area (Å²) in [6, 6.07) is 24.3. The molecular formula is C26H23ClN4O2. The summed E-state index contributed by atoms with van der Waals surface area (Å²) in [4.78, 5) is 24.1. The van der Waals surface area contributed by atoms with Crippen molar-refractivity contribution in [3.63, 3.8) is 0 Å². The van der Waals surface area contributed by atoms with Gasteiger partial charge >= 0.3 is 0 Å². The Morgan fingerprint density at radius 2 is 1.73 bits per heavy atom. The molecule has 1 heterocycles. The molecule has 3 aromatic carbocycles. The number of halogens is 1. The number of carbonyl (C=O) groups is 2. The van der Waals surface area contributed by atoms with Gasteiger partial charge in [-0.3, -0.25) is 9.59 Å². The molecule has 3 N–H and O–H groups in total. The number of rotatable bonds is 8. The van der Waals surface area contributed by atoms with Gasteiger partial charge in [0.1, 0.15) is 0 Å². The van der Waals surface area contributed by atoms with Crippen molar-refractivity contribution in [2.45, 2.75) is 12.8 Å². The number of aromatic nitrogens is 2. The van der Waals surface area contributed by atoms with E-state index in [0.717, 1.165) is 28.1 Å². The molecule has 0 aliphatic carbocycles. The average Bonchev–Trinajstić information content (AvgIpc) is 3.24. The highest BCUT2D eigenvalue weighted by atomic mass is 35.5. The molecule has 166 valence electrons. The van der Waals surface area contributed by atoms with Crippen molar-refractivity contribution >= 4 is 23.4 Å². The van der Waals surface area contributed by atoms with Gasteiger partial charge in [0.25, 0.3) is 0 Å². The lowest BCUT2D eigenvalue weighted by Gasteiger charge is -2.07. The van der Waals surface area contributed by atoms with Crippen LogP contribution in [0.1, 0.15) is 21.5 Å². The summed E-state index contributed by atoms with van der Waals surface area (Å²) in [5.41, 5.74) is 10.1. The van der Waals surface area contributed by atoms with Crippen LogP contribution >= 0.6 is 11.6 Å². The quantitative estimate of drug-likeness (QED) is 0.414. The Balaban J connectivity index is 1.48. The third kappa shape index (κ3) is 5.67. The molecule has 7 heteroatoms. The van der Waals surface area contributed by atoms with Crippen LogP contribution in [0.5, 0.6) is 0 Å². The molecule has 0 radical (unpaired) electrons. The van der Waals surface area contributed by atoms with Crippen LogP contribution in [0.4, 0.5) is 0 Å². The van der Waals surface area contributed by atoms with Crippen molar-refractivity contribution < 1.29 is 9.59 Å². The number of hydrogen-bond acceptors (Lipinski definition) is 3. The first-order chi connectivity index (χ1) is 16.0. The molecule has 0 unspecified atom stereocenters. The van der Waals surface area contributed by atoms with Crippen molar-refractivity contribution in [2.75, 3.05) is 6.54 Å². The van der Waals surface area contributed by atoms with Gasteiger partial charge in [-0.2, -0.15) is 5.10 Å². The van der Waals surface area contributed by atoms with E-state index in [4.69, 9.17) is 22.4 Å². The molecule has 4 aromatic rings. The zero-order valence-corrected chi connectivity index (χ0v) is 18.6. The maximum atomic E-state index is 12.7. The number of nitrogens with two attached hydrogens (primary N) is 1. The van der Waals surface area contributed by atoms with Crippen molar-refractivity contribution in [2.24, 2.45) is 5.73 Å². The predicted octanol–water partition coefficient (Wildman–Crippen LogP) is 4.19. The largest absolute Gasteiger partial charge is 0.366 e. The third-order valence-electron chi connectivity index (χ3n) is 5.23. The van der Waals surface area contributed by atoms with Crippen LogP contribution in [0, 0.1) is 0 Å². The van der Waals surface area contributed by atoms with Gasteiger partial charge in [0.05, 0.1) is 17.8 Å². The molecule has 0 spiro atoms. The molecular weight excluding hydrogens is 436 g/mol. The van der Waals surface area contributed by atoms with Crippen LogP contribution < -0.4 is 11.1 Å². The Bertz CT molecular complexity index is 1270. The van der Waals surface area contributed by atoms with E-state index in [1.807, 2.05) is 66.9 Å². The van der Waals surface area contributed by atoms with Crippen LogP contribution in [0.2, 0.25) is 5.02 Å². The standard InChI is InChI=1S/C26H23ClN4O2/c27-22-11-9-19(10-12-22)25-21(17-31(30-25)23-7-2-1-3-8-23)16-24(32)29-14-13-18-5-4-6-20(15-18)26(28)33/h1-12,15,17H,13-14,16H2,(H2,28,33)(H,29,32). The maximum absolute atomic E-state index is 12.7. The summed E-state index contributed by atoms with van der Waals surface area (Å²) >= 11 is 6.04. The molecule has 0 aliphatic rings. The molecule has 0 atom stereocenters. The van der Waals surface area contributed by atoms with E-state index < -0.39 is 5.91 Å². The van der Waals surface area contributed by atoms with Gasteiger partial charge in [-0.25, -0.2) is 4.68 Å². The van der Waals surface area contributed by atoms with E-state index in [9.17, 15) is 9.59 Å². The molecule has 0 saturated carbocycles. The lowest BCUT2D eigenvalue weighted by Crippen LogP contribution is -2.27. The second-order valence-electron chi connectivity index (χ2n) is 7.63. The molecule has 2 amide bonds. The molecule has 0 aliphatic heterocycles. The van der Waals surface area contributed by atoms with Gasteiger partial charge < -0.3 is 11.1 Å².